The number of benzene rings is 2. The molecule has 1 unspecified atom stereocenters. The molecule has 0 spiro atoms. The lowest BCUT2D eigenvalue weighted by atomic mass is 10.0. The van der Waals surface area contributed by atoms with Crippen molar-refractivity contribution in [1.82, 2.24) is 0 Å². The predicted octanol–water partition coefficient (Wildman–Crippen LogP) is 4.11. The fraction of sp³-hybridized carbons (Fsp3) is 0.188. The Labute approximate surface area is 127 Å². The minimum absolute atomic E-state index is 0.341. The molecule has 0 heterocycles. The minimum atomic E-state index is -0.711. The van der Waals surface area contributed by atoms with Gasteiger partial charge in [0.05, 0.1) is 7.11 Å². The van der Waals surface area contributed by atoms with E-state index in [1.165, 1.54) is 19.2 Å². The Kier molecular flexibility index (Phi) is 4.81. The first-order chi connectivity index (χ1) is 10.0. The van der Waals surface area contributed by atoms with E-state index in [4.69, 9.17) is 16.3 Å². The van der Waals surface area contributed by atoms with Crippen molar-refractivity contribution < 1.29 is 13.9 Å². The van der Waals surface area contributed by atoms with Gasteiger partial charge in [0.15, 0.2) is 6.04 Å². The first kappa shape index (κ1) is 15.3. The van der Waals surface area contributed by atoms with Crippen molar-refractivity contribution in [2.45, 2.75) is 13.0 Å². The van der Waals surface area contributed by atoms with Crippen molar-refractivity contribution in [2.75, 3.05) is 12.4 Å². The summed E-state index contributed by atoms with van der Waals surface area (Å²) in [5.74, 6) is -0.786. The smallest absolute Gasteiger partial charge is 0.332 e. The van der Waals surface area contributed by atoms with Crippen molar-refractivity contribution >= 4 is 23.3 Å². The summed E-state index contributed by atoms with van der Waals surface area (Å²) in [6.07, 6.45) is 0. The van der Waals surface area contributed by atoms with Gasteiger partial charge < -0.3 is 10.1 Å². The molecule has 2 aromatic carbocycles. The summed E-state index contributed by atoms with van der Waals surface area (Å²) in [6, 6.07) is 10.5. The highest BCUT2D eigenvalue weighted by molar-refractivity contribution is 6.30. The van der Waals surface area contributed by atoms with E-state index in [-0.39, 0.29) is 5.82 Å². The second kappa shape index (κ2) is 6.59. The fourth-order valence-electron chi connectivity index (χ4n) is 2.06. The summed E-state index contributed by atoms with van der Waals surface area (Å²) in [5.41, 5.74) is 2.06. The summed E-state index contributed by atoms with van der Waals surface area (Å²) in [4.78, 5) is 12.0. The van der Waals surface area contributed by atoms with E-state index >= 15 is 0 Å². The predicted molar refractivity (Wildman–Crippen MR) is 81.0 cm³/mol. The Morgan fingerprint density at radius 2 is 1.90 bits per heavy atom. The molecule has 0 aliphatic carbocycles. The zero-order valence-corrected chi connectivity index (χ0v) is 12.4. The maximum Gasteiger partial charge on any atom is 0.332 e. The summed E-state index contributed by atoms with van der Waals surface area (Å²) < 4.78 is 18.0. The molecule has 5 heteroatoms. The average molecular weight is 308 g/mol. The van der Waals surface area contributed by atoms with E-state index in [2.05, 4.69) is 5.32 Å². The van der Waals surface area contributed by atoms with Crippen LogP contribution >= 0.6 is 11.6 Å². The Morgan fingerprint density at radius 1 is 1.24 bits per heavy atom. The van der Waals surface area contributed by atoms with Crippen LogP contribution in [-0.2, 0) is 9.53 Å². The normalized spacial score (nSPS) is 11.8. The molecule has 1 N–H and O–H groups in total. The highest BCUT2D eigenvalue weighted by Gasteiger charge is 2.23. The summed E-state index contributed by atoms with van der Waals surface area (Å²) in [6.45, 7) is 1.75. The van der Waals surface area contributed by atoms with E-state index in [0.29, 0.717) is 16.1 Å². The second-order valence-corrected chi connectivity index (χ2v) is 5.04. The van der Waals surface area contributed by atoms with Crippen LogP contribution in [0.1, 0.15) is 17.2 Å². The SMILES string of the molecule is COC(=O)C(Nc1ccc(Cl)cc1)c1ccc(F)cc1C. The standard InChI is InChI=1S/C16H15ClFNO2/c1-10-9-12(18)5-8-14(10)15(16(20)21-2)19-13-6-3-11(17)4-7-13/h3-9,15,19H,1-2H3. The Balaban J connectivity index is 2.34. The van der Waals surface area contributed by atoms with Gasteiger partial charge in [0.2, 0.25) is 0 Å². The number of halogens is 2. The maximum absolute atomic E-state index is 13.2. The number of anilines is 1. The number of carbonyl (C=O) groups excluding carboxylic acids is 1. The number of methoxy groups -OCH3 is 1. The highest BCUT2D eigenvalue weighted by Crippen LogP contribution is 2.25. The molecule has 0 radical (unpaired) electrons. The van der Waals surface area contributed by atoms with Crippen molar-refractivity contribution in [3.63, 3.8) is 0 Å². The van der Waals surface area contributed by atoms with Gasteiger partial charge in [-0.05, 0) is 54.4 Å². The van der Waals surface area contributed by atoms with E-state index in [1.54, 1.807) is 37.3 Å². The number of aryl methyl sites for hydroxylation is 1. The lowest BCUT2D eigenvalue weighted by molar-refractivity contribution is -0.141. The third-order valence-electron chi connectivity index (χ3n) is 3.13. The molecule has 110 valence electrons. The molecule has 1 atom stereocenters. The number of carbonyl (C=O) groups is 1. The Hall–Kier alpha value is -2.07. The molecule has 0 saturated heterocycles. The Morgan fingerprint density at radius 3 is 2.48 bits per heavy atom. The molecule has 0 fully saturated rings. The van der Waals surface area contributed by atoms with Gasteiger partial charge in [-0.25, -0.2) is 9.18 Å². The number of ether oxygens (including phenoxy) is 1. The van der Waals surface area contributed by atoms with Crippen molar-refractivity contribution in [3.05, 3.63) is 64.4 Å². The highest BCUT2D eigenvalue weighted by atomic mass is 35.5. The Bertz CT molecular complexity index is 643. The number of hydrogen-bond acceptors (Lipinski definition) is 3. The van der Waals surface area contributed by atoms with Crippen LogP contribution in [0.2, 0.25) is 5.02 Å². The van der Waals surface area contributed by atoms with E-state index in [1.807, 2.05) is 0 Å². The van der Waals surface area contributed by atoms with Crippen LogP contribution in [0, 0.1) is 12.7 Å². The minimum Gasteiger partial charge on any atom is -0.467 e. The molecule has 0 aromatic heterocycles. The van der Waals surface area contributed by atoms with Gasteiger partial charge in [0, 0.05) is 10.7 Å². The summed E-state index contributed by atoms with van der Waals surface area (Å²) >= 11 is 5.84. The third kappa shape index (κ3) is 3.73. The number of nitrogens with one attached hydrogen (secondary N) is 1. The summed E-state index contributed by atoms with van der Waals surface area (Å²) in [5, 5.41) is 3.68. The average Bonchev–Trinajstić information content (AvgIpc) is 2.47. The van der Waals surface area contributed by atoms with Gasteiger partial charge in [-0.15, -0.1) is 0 Å². The molecule has 3 nitrogen and oxygen atoms in total. The largest absolute Gasteiger partial charge is 0.467 e. The van der Waals surface area contributed by atoms with Gasteiger partial charge in [0.1, 0.15) is 5.82 Å². The maximum atomic E-state index is 13.2. The second-order valence-electron chi connectivity index (χ2n) is 4.61. The zero-order valence-electron chi connectivity index (χ0n) is 11.7. The third-order valence-corrected chi connectivity index (χ3v) is 3.39. The van der Waals surface area contributed by atoms with E-state index < -0.39 is 12.0 Å². The van der Waals surface area contributed by atoms with Gasteiger partial charge in [-0.3, -0.25) is 0 Å². The zero-order chi connectivity index (χ0) is 15.4. The topological polar surface area (TPSA) is 38.3 Å². The van der Waals surface area contributed by atoms with Gasteiger partial charge in [0.25, 0.3) is 0 Å². The van der Waals surface area contributed by atoms with Gasteiger partial charge in [-0.2, -0.15) is 0 Å². The van der Waals surface area contributed by atoms with Crippen molar-refractivity contribution in [1.29, 1.82) is 0 Å². The quantitative estimate of drug-likeness (QED) is 0.864. The summed E-state index contributed by atoms with van der Waals surface area (Å²) in [7, 11) is 1.32. The molecule has 0 amide bonds. The molecule has 21 heavy (non-hydrogen) atoms. The van der Waals surface area contributed by atoms with Crippen LogP contribution in [0.25, 0.3) is 0 Å². The lowest BCUT2D eigenvalue weighted by Gasteiger charge is -2.20. The van der Waals surface area contributed by atoms with Crippen LogP contribution < -0.4 is 5.32 Å². The van der Waals surface area contributed by atoms with Gasteiger partial charge >= 0.3 is 5.97 Å². The monoisotopic (exact) mass is 307 g/mol. The lowest BCUT2D eigenvalue weighted by Crippen LogP contribution is -2.23. The van der Waals surface area contributed by atoms with Crippen LogP contribution in [0.4, 0.5) is 10.1 Å². The molecule has 0 aliphatic rings. The van der Waals surface area contributed by atoms with Crippen LogP contribution in [0.5, 0.6) is 0 Å². The van der Waals surface area contributed by atoms with E-state index in [0.717, 1.165) is 5.69 Å². The molecule has 2 rings (SSSR count). The number of esters is 1. The molecular weight excluding hydrogens is 293 g/mol. The molecule has 0 saturated carbocycles. The molecular formula is C16H15ClFNO2. The van der Waals surface area contributed by atoms with E-state index in [9.17, 15) is 9.18 Å². The molecule has 0 bridgehead atoms. The first-order valence-corrected chi connectivity index (χ1v) is 6.75. The first-order valence-electron chi connectivity index (χ1n) is 6.37. The van der Waals surface area contributed by atoms with Crippen LogP contribution in [0.3, 0.4) is 0 Å². The van der Waals surface area contributed by atoms with Crippen LogP contribution in [-0.4, -0.2) is 13.1 Å². The number of rotatable bonds is 4. The molecule has 2 aromatic rings. The van der Waals surface area contributed by atoms with Crippen molar-refractivity contribution in [2.24, 2.45) is 0 Å². The number of hydrogen-bond donors (Lipinski definition) is 1. The van der Waals surface area contributed by atoms with Crippen LogP contribution in [0.15, 0.2) is 42.5 Å². The fourth-order valence-corrected chi connectivity index (χ4v) is 2.18. The molecule has 0 aliphatic heterocycles. The van der Waals surface area contributed by atoms with Crippen molar-refractivity contribution in [3.8, 4) is 0 Å². The van der Waals surface area contributed by atoms with Gasteiger partial charge in [-0.1, -0.05) is 17.7 Å².